The van der Waals surface area contributed by atoms with Crippen molar-refractivity contribution in [1.29, 1.82) is 0 Å². The molecule has 1 saturated carbocycles. The third-order valence-electron chi connectivity index (χ3n) is 3.39. The van der Waals surface area contributed by atoms with Gasteiger partial charge in [0, 0.05) is 25.0 Å². The van der Waals surface area contributed by atoms with Crippen molar-refractivity contribution in [3.63, 3.8) is 0 Å². The minimum atomic E-state index is 0.0423. The summed E-state index contributed by atoms with van der Waals surface area (Å²) in [5.41, 5.74) is 0.0423. The van der Waals surface area contributed by atoms with Crippen LogP contribution < -0.4 is 10.9 Å². The Morgan fingerprint density at radius 3 is 3.06 bits per heavy atom. The molecule has 5 heteroatoms. The molecule has 0 aromatic carbocycles. The molecule has 2 heterocycles. The molecule has 92 valence electrons. The molecule has 1 atom stereocenters. The van der Waals surface area contributed by atoms with Crippen LogP contribution in [0.5, 0.6) is 0 Å². The first-order valence-corrected chi connectivity index (χ1v) is 7.39. The third-order valence-corrected chi connectivity index (χ3v) is 4.62. The Hall–Kier alpha value is -0.970. The second-order valence-electron chi connectivity index (χ2n) is 4.83. The van der Waals surface area contributed by atoms with Crippen molar-refractivity contribution >= 4 is 17.6 Å². The van der Waals surface area contributed by atoms with Gasteiger partial charge < -0.3 is 9.88 Å². The topological polar surface area (TPSA) is 46.9 Å². The number of hydrogen-bond acceptors (Lipinski definition) is 4. The van der Waals surface area contributed by atoms with Crippen molar-refractivity contribution in [1.82, 2.24) is 9.55 Å². The molecule has 2 aliphatic rings. The predicted octanol–water partition coefficient (Wildman–Crippen LogP) is 1.74. The standard InChI is InChI=1S/C12H17N3OS/c16-12-11(14-7-9-3-6-17-8-9)13-4-5-15(12)10-1-2-10/h4-5,9-10H,1-3,6-8H2,(H,13,14). The van der Waals surface area contributed by atoms with Crippen LogP contribution in [-0.2, 0) is 0 Å². The zero-order chi connectivity index (χ0) is 11.7. The lowest BCUT2D eigenvalue weighted by molar-refractivity contribution is 0.626. The minimum Gasteiger partial charge on any atom is -0.365 e. The second-order valence-corrected chi connectivity index (χ2v) is 5.98. The monoisotopic (exact) mass is 251 g/mol. The summed E-state index contributed by atoms with van der Waals surface area (Å²) in [7, 11) is 0. The molecule has 1 aliphatic heterocycles. The largest absolute Gasteiger partial charge is 0.365 e. The number of rotatable bonds is 4. The highest BCUT2D eigenvalue weighted by Crippen LogP contribution is 2.33. The van der Waals surface area contributed by atoms with Crippen molar-refractivity contribution in [2.75, 3.05) is 23.4 Å². The van der Waals surface area contributed by atoms with Crippen LogP contribution in [0.15, 0.2) is 17.2 Å². The van der Waals surface area contributed by atoms with Gasteiger partial charge in [-0.2, -0.15) is 11.8 Å². The van der Waals surface area contributed by atoms with E-state index in [4.69, 9.17) is 0 Å². The Kier molecular flexibility index (Phi) is 3.09. The van der Waals surface area contributed by atoms with Crippen LogP contribution in [0, 0.1) is 5.92 Å². The van der Waals surface area contributed by atoms with E-state index < -0.39 is 0 Å². The molecule has 1 N–H and O–H groups in total. The van der Waals surface area contributed by atoms with Crippen LogP contribution in [0.2, 0.25) is 0 Å². The maximum absolute atomic E-state index is 12.1. The van der Waals surface area contributed by atoms with E-state index >= 15 is 0 Å². The highest BCUT2D eigenvalue weighted by atomic mass is 32.2. The Morgan fingerprint density at radius 2 is 2.35 bits per heavy atom. The van der Waals surface area contributed by atoms with E-state index in [1.54, 1.807) is 12.4 Å². The van der Waals surface area contributed by atoms with Crippen molar-refractivity contribution in [3.8, 4) is 0 Å². The highest BCUT2D eigenvalue weighted by molar-refractivity contribution is 7.99. The summed E-state index contributed by atoms with van der Waals surface area (Å²) in [5, 5.41) is 3.22. The quantitative estimate of drug-likeness (QED) is 0.885. The van der Waals surface area contributed by atoms with Crippen LogP contribution in [0.1, 0.15) is 25.3 Å². The van der Waals surface area contributed by atoms with E-state index in [1.807, 2.05) is 16.3 Å². The van der Waals surface area contributed by atoms with Gasteiger partial charge in [-0.25, -0.2) is 4.98 Å². The number of hydrogen-bond donors (Lipinski definition) is 1. The van der Waals surface area contributed by atoms with Gasteiger partial charge in [0.15, 0.2) is 5.82 Å². The smallest absolute Gasteiger partial charge is 0.293 e. The molecule has 17 heavy (non-hydrogen) atoms. The van der Waals surface area contributed by atoms with Gasteiger partial charge in [-0.3, -0.25) is 4.79 Å². The van der Waals surface area contributed by atoms with Crippen molar-refractivity contribution in [2.24, 2.45) is 5.92 Å². The zero-order valence-electron chi connectivity index (χ0n) is 9.76. The molecule has 1 aromatic rings. The lowest BCUT2D eigenvalue weighted by Gasteiger charge is -2.11. The van der Waals surface area contributed by atoms with Gasteiger partial charge in [0.2, 0.25) is 0 Å². The summed E-state index contributed by atoms with van der Waals surface area (Å²) in [6, 6.07) is 0.424. The van der Waals surface area contributed by atoms with Gasteiger partial charge in [-0.1, -0.05) is 0 Å². The molecule has 4 nitrogen and oxygen atoms in total. The van der Waals surface area contributed by atoms with Gasteiger partial charge in [-0.05, 0) is 36.7 Å². The molecule has 0 radical (unpaired) electrons. The summed E-state index contributed by atoms with van der Waals surface area (Å²) in [4.78, 5) is 16.2. The van der Waals surface area contributed by atoms with E-state index in [1.165, 1.54) is 17.9 Å². The van der Waals surface area contributed by atoms with Crippen molar-refractivity contribution in [3.05, 3.63) is 22.7 Å². The summed E-state index contributed by atoms with van der Waals surface area (Å²) in [6.07, 6.45) is 7.04. The summed E-state index contributed by atoms with van der Waals surface area (Å²) < 4.78 is 1.82. The normalized spacial score (nSPS) is 23.9. The average Bonchev–Trinajstić information content (AvgIpc) is 3.04. The maximum atomic E-state index is 12.1. The van der Waals surface area contributed by atoms with E-state index in [9.17, 15) is 4.79 Å². The van der Waals surface area contributed by atoms with E-state index in [-0.39, 0.29) is 5.56 Å². The molecule has 0 bridgehead atoms. The fraction of sp³-hybridized carbons (Fsp3) is 0.667. The zero-order valence-corrected chi connectivity index (χ0v) is 10.6. The van der Waals surface area contributed by atoms with Gasteiger partial charge in [0.05, 0.1) is 0 Å². The van der Waals surface area contributed by atoms with Gasteiger partial charge in [-0.15, -0.1) is 0 Å². The minimum absolute atomic E-state index is 0.0423. The molecule has 1 aliphatic carbocycles. The summed E-state index contributed by atoms with van der Waals surface area (Å²) in [6.45, 7) is 0.879. The molecule has 1 aromatic heterocycles. The summed E-state index contributed by atoms with van der Waals surface area (Å²) in [5.74, 6) is 3.67. The Labute approximate surface area is 105 Å². The molecule has 1 unspecified atom stereocenters. The first-order valence-electron chi connectivity index (χ1n) is 6.23. The number of anilines is 1. The molecule has 0 spiro atoms. The van der Waals surface area contributed by atoms with E-state index in [2.05, 4.69) is 10.3 Å². The molecule has 1 saturated heterocycles. The van der Waals surface area contributed by atoms with Gasteiger partial charge in [0.1, 0.15) is 0 Å². The van der Waals surface area contributed by atoms with E-state index in [0.29, 0.717) is 17.8 Å². The van der Waals surface area contributed by atoms with Crippen molar-refractivity contribution in [2.45, 2.75) is 25.3 Å². The molecular weight excluding hydrogens is 234 g/mol. The Morgan fingerprint density at radius 1 is 1.47 bits per heavy atom. The fourth-order valence-electron chi connectivity index (χ4n) is 2.17. The second kappa shape index (κ2) is 4.72. The van der Waals surface area contributed by atoms with Crippen molar-refractivity contribution < 1.29 is 0 Å². The molecule has 0 amide bonds. The van der Waals surface area contributed by atoms with Crippen LogP contribution in [-0.4, -0.2) is 27.6 Å². The maximum Gasteiger partial charge on any atom is 0.293 e. The average molecular weight is 251 g/mol. The molecule has 2 fully saturated rings. The predicted molar refractivity (Wildman–Crippen MR) is 70.7 cm³/mol. The number of aromatic nitrogens is 2. The third kappa shape index (κ3) is 2.49. The molecule has 3 rings (SSSR count). The van der Waals surface area contributed by atoms with E-state index in [0.717, 1.165) is 19.4 Å². The lowest BCUT2D eigenvalue weighted by Crippen LogP contribution is -2.26. The van der Waals surface area contributed by atoms with Gasteiger partial charge in [0.25, 0.3) is 5.56 Å². The number of nitrogens with zero attached hydrogens (tertiary/aromatic N) is 2. The van der Waals surface area contributed by atoms with Crippen LogP contribution in [0.3, 0.4) is 0 Å². The number of nitrogens with one attached hydrogen (secondary N) is 1. The van der Waals surface area contributed by atoms with Gasteiger partial charge >= 0.3 is 0 Å². The first-order chi connectivity index (χ1) is 8.34. The highest BCUT2D eigenvalue weighted by Gasteiger charge is 2.25. The summed E-state index contributed by atoms with van der Waals surface area (Å²) >= 11 is 2.00. The fourth-order valence-corrected chi connectivity index (χ4v) is 3.46. The Bertz CT molecular complexity index is 449. The van der Waals surface area contributed by atoms with Crippen LogP contribution in [0.4, 0.5) is 5.82 Å². The Balaban J connectivity index is 1.69. The molecular formula is C12H17N3OS. The first kappa shape index (κ1) is 11.1. The van der Waals surface area contributed by atoms with Crippen LogP contribution >= 0.6 is 11.8 Å². The lowest BCUT2D eigenvalue weighted by atomic mass is 10.1. The SMILES string of the molecule is O=c1c(NCC2CCSC2)nccn1C1CC1. The number of thioether (sulfide) groups is 1. The van der Waals surface area contributed by atoms with Crippen LogP contribution in [0.25, 0.3) is 0 Å².